The molecule has 1 aliphatic rings. The zero-order valence-electron chi connectivity index (χ0n) is 16.1. The first-order valence-electron chi connectivity index (χ1n) is 9.44. The van der Waals surface area contributed by atoms with Gasteiger partial charge in [0.25, 0.3) is 5.91 Å². The molecule has 3 N–H and O–H groups in total. The monoisotopic (exact) mass is 398 g/mol. The fourth-order valence-corrected chi connectivity index (χ4v) is 3.54. The van der Waals surface area contributed by atoms with Crippen LogP contribution < -0.4 is 16.8 Å². The van der Waals surface area contributed by atoms with Crippen LogP contribution in [0.2, 0.25) is 0 Å². The number of amides is 2. The number of rotatable bonds is 4. The lowest BCUT2D eigenvalue weighted by Gasteiger charge is -2.26. The number of nitrogens with one attached hydrogen (secondary N) is 1. The minimum atomic E-state index is -0.609. The minimum Gasteiger partial charge on any atom is -0.408 e. The minimum absolute atomic E-state index is 0.101. The molecule has 0 bridgehead atoms. The zero-order valence-corrected chi connectivity index (χ0v) is 16.1. The van der Waals surface area contributed by atoms with Gasteiger partial charge in [-0.3, -0.25) is 18.8 Å². The summed E-state index contributed by atoms with van der Waals surface area (Å²) in [5, 5.41) is 6.75. The molecule has 1 saturated heterocycles. The molecular weight excluding hydrogens is 376 g/mol. The fourth-order valence-electron chi connectivity index (χ4n) is 3.54. The number of carbonyl (C=O) groups is 2. The molecule has 2 amide bonds. The Morgan fingerprint density at radius 2 is 2.00 bits per heavy atom. The molecule has 1 aromatic carbocycles. The van der Waals surface area contributed by atoms with Gasteiger partial charge in [0.1, 0.15) is 6.54 Å². The number of piperidine rings is 1. The van der Waals surface area contributed by atoms with E-state index in [-0.39, 0.29) is 23.8 Å². The second kappa shape index (κ2) is 7.46. The smallest absolute Gasteiger partial charge is 0.408 e. The maximum absolute atomic E-state index is 12.6. The Hall–Kier alpha value is -3.56. The first kappa shape index (κ1) is 18.8. The van der Waals surface area contributed by atoms with Gasteiger partial charge in [0, 0.05) is 32.0 Å². The van der Waals surface area contributed by atoms with E-state index in [4.69, 9.17) is 10.2 Å². The van der Waals surface area contributed by atoms with E-state index in [9.17, 15) is 14.4 Å². The van der Waals surface area contributed by atoms with Gasteiger partial charge in [0.2, 0.25) is 5.91 Å². The van der Waals surface area contributed by atoms with Gasteiger partial charge < -0.3 is 20.4 Å². The third-order valence-corrected chi connectivity index (χ3v) is 5.00. The molecule has 0 atom stereocenters. The summed E-state index contributed by atoms with van der Waals surface area (Å²) in [6, 6.07) is 4.79. The standard InChI is InChI=1S/C19H22N6O4/c1-23-10-13(20)17(22-23)18(27)21-12-5-6-15-14(9-12)25(19(28)29-15)11-16(26)24-7-3-2-4-8-24/h5-6,9-10H,2-4,7-8,11,20H2,1H3,(H,21,27). The number of nitrogens with two attached hydrogens (primary N) is 1. The van der Waals surface area contributed by atoms with Gasteiger partial charge in [0.05, 0.1) is 11.2 Å². The largest absolute Gasteiger partial charge is 0.420 e. The molecule has 29 heavy (non-hydrogen) atoms. The molecule has 2 aromatic heterocycles. The van der Waals surface area contributed by atoms with Crippen LogP contribution in [0.25, 0.3) is 11.1 Å². The summed E-state index contributed by atoms with van der Waals surface area (Å²) in [7, 11) is 1.67. The van der Waals surface area contributed by atoms with Crippen LogP contribution in [-0.4, -0.2) is 44.2 Å². The molecule has 0 radical (unpaired) electrons. The topological polar surface area (TPSA) is 128 Å². The SMILES string of the molecule is Cn1cc(N)c(C(=O)Nc2ccc3oc(=O)n(CC(=O)N4CCCCC4)c3c2)n1. The molecule has 0 spiro atoms. The summed E-state index contributed by atoms with van der Waals surface area (Å²) >= 11 is 0. The molecule has 4 rings (SSSR count). The summed E-state index contributed by atoms with van der Waals surface area (Å²) in [4.78, 5) is 39.1. The molecule has 0 aliphatic carbocycles. The van der Waals surface area contributed by atoms with Gasteiger partial charge in [-0.15, -0.1) is 0 Å². The van der Waals surface area contributed by atoms with Crippen molar-refractivity contribution in [3.05, 3.63) is 40.6 Å². The fraction of sp³-hybridized carbons (Fsp3) is 0.368. The van der Waals surface area contributed by atoms with E-state index < -0.39 is 11.7 Å². The van der Waals surface area contributed by atoms with Gasteiger partial charge >= 0.3 is 5.76 Å². The number of carbonyl (C=O) groups excluding carboxylic acids is 2. The van der Waals surface area contributed by atoms with Crippen LogP contribution in [0.3, 0.4) is 0 Å². The van der Waals surface area contributed by atoms with Gasteiger partial charge in [0.15, 0.2) is 11.3 Å². The molecule has 3 aromatic rings. The Morgan fingerprint density at radius 1 is 1.24 bits per heavy atom. The lowest BCUT2D eigenvalue weighted by Crippen LogP contribution is -2.39. The number of aromatic nitrogens is 3. The van der Waals surface area contributed by atoms with E-state index in [2.05, 4.69) is 10.4 Å². The number of hydrogen-bond acceptors (Lipinski definition) is 6. The highest BCUT2D eigenvalue weighted by molar-refractivity contribution is 6.06. The van der Waals surface area contributed by atoms with Crippen molar-refractivity contribution in [2.24, 2.45) is 7.05 Å². The summed E-state index contributed by atoms with van der Waals surface area (Å²) < 4.78 is 7.98. The van der Waals surface area contributed by atoms with Crippen LogP contribution in [0.4, 0.5) is 11.4 Å². The Bertz CT molecular complexity index is 1140. The van der Waals surface area contributed by atoms with Gasteiger partial charge in [-0.25, -0.2) is 4.79 Å². The predicted octanol–water partition coefficient (Wildman–Crippen LogP) is 1.17. The molecule has 1 fully saturated rings. The van der Waals surface area contributed by atoms with Crippen molar-refractivity contribution in [3.8, 4) is 0 Å². The zero-order chi connectivity index (χ0) is 20.5. The Morgan fingerprint density at radius 3 is 2.69 bits per heavy atom. The molecule has 0 unspecified atom stereocenters. The lowest BCUT2D eigenvalue weighted by atomic mass is 10.1. The number of aryl methyl sites for hydroxylation is 1. The normalized spacial score (nSPS) is 14.3. The molecule has 3 heterocycles. The quantitative estimate of drug-likeness (QED) is 0.679. The van der Waals surface area contributed by atoms with Gasteiger partial charge in [-0.1, -0.05) is 0 Å². The molecule has 0 saturated carbocycles. The lowest BCUT2D eigenvalue weighted by molar-refractivity contribution is -0.132. The number of nitrogen functional groups attached to an aromatic ring is 1. The Kier molecular flexibility index (Phi) is 4.83. The summed E-state index contributed by atoms with van der Waals surface area (Å²) in [5.41, 5.74) is 7.38. The van der Waals surface area contributed by atoms with Crippen LogP contribution in [0.5, 0.6) is 0 Å². The molecule has 10 heteroatoms. The van der Waals surface area contributed by atoms with Gasteiger partial charge in [-0.05, 0) is 37.5 Å². The van der Waals surface area contributed by atoms with E-state index in [0.717, 1.165) is 19.3 Å². The molecule has 1 aliphatic heterocycles. The van der Waals surface area contributed by atoms with Crippen molar-refractivity contribution in [2.45, 2.75) is 25.8 Å². The van der Waals surface area contributed by atoms with E-state index in [1.165, 1.54) is 15.4 Å². The summed E-state index contributed by atoms with van der Waals surface area (Å²) in [6.45, 7) is 1.31. The average Bonchev–Trinajstić information content (AvgIpc) is 3.20. The van der Waals surface area contributed by atoms with Crippen LogP contribution in [0, 0.1) is 0 Å². The number of nitrogens with zero attached hydrogens (tertiary/aromatic N) is 4. The van der Waals surface area contributed by atoms with E-state index in [1.54, 1.807) is 30.1 Å². The van der Waals surface area contributed by atoms with Crippen molar-refractivity contribution < 1.29 is 14.0 Å². The van der Waals surface area contributed by atoms with E-state index in [1.807, 2.05) is 0 Å². The van der Waals surface area contributed by atoms with Crippen molar-refractivity contribution in [3.63, 3.8) is 0 Å². The highest BCUT2D eigenvalue weighted by atomic mass is 16.4. The third-order valence-electron chi connectivity index (χ3n) is 5.00. The maximum atomic E-state index is 12.6. The van der Waals surface area contributed by atoms with Crippen LogP contribution in [-0.2, 0) is 18.4 Å². The molecular formula is C19H22N6O4. The van der Waals surface area contributed by atoms with Crippen molar-refractivity contribution >= 4 is 34.3 Å². The number of benzene rings is 1. The first-order chi connectivity index (χ1) is 13.9. The van der Waals surface area contributed by atoms with Crippen LogP contribution >= 0.6 is 0 Å². The van der Waals surface area contributed by atoms with E-state index in [0.29, 0.717) is 29.9 Å². The number of fused-ring (bicyclic) bond motifs is 1. The Labute approximate surface area is 165 Å². The van der Waals surface area contributed by atoms with Crippen molar-refractivity contribution in [2.75, 3.05) is 24.1 Å². The highest BCUT2D eigenvalue weighted by Gasteiger charge is 2.20. The maximum Gasteiger partial charge on any atom is 0.420 e. The summed E-state index contributed by atoms with van der Waals surface area (Å²) in [6.07, 6.45) is 4.60. The van der Waals surface area contributed by atoms with Crippen LogP contribution in [0.1, 0.15) is 29.8 Å². The molecule has 10 nitrogen and oxygen atoms in total. The number of likely N-dealkylation sites (tertiary alicyclic amines) is 1. The van der Waals surface area contributed by atoms with E-state index >= 15 is 0 Å². The van der Waals surface area contributed by atoms with Crippen LogP contribution in [0.15, 0.2) is 33.6 Å². The Balaban J connectivity index is 1.59. The number of hydrogen-bond donors (Lipinski definition) is 2. The molecule has 152 valence electrons. The second-order valence-corrected chi connectivity index (χ2v) is 7.14. The average molecular weight is 398 g/mol. The highest BCUT2D eigenvalue weighted by Crippen LogP contribution is 2.20. The second-order valence-electron chi connectivity index (χ2n) is 7.14. The van der Waals surface area contributed by atoms with Crippen molar-refractivity contribution in [1.82, 2.24) is 19.2 Å². The predicted molar refractivity (Wildman–Crippen MR) is 106 cm³/mol. The number of oxazole rings is 1. The number of anilines is 2. The van der Waals surface area contributed by atoms with Crippen molar-refractivity contribution in [1.29, 1.82) is 0 Å². The third kappa shape index (κ3) is 3.73. The van der Waals surface area contributed by atoms with Gasteiger partial charge in [-0.2, -0.15) is 5.10 Å². The first-order valence-corrected chi connectivity index (χ1v) is 9.44. The summed E-state index contributed by atoms with van der Waals surface area (Å²) in [5.74, 6) is -1.20.